The number of amides is 1. The van der Waals surface area contributed by atoms with Crippen molar-refractivity contribution in [2.45, 2.75) is 13.8 Å². The van der Waals surface area contributed by atoms with E-state index >= 15 is 4.39 Å². The van der Waals surface area contributed by atoms with Gasteiger partial charge in [0.25, 0.3) is 17.3 Å². The first-order chi connectivity index (χ1) is 20.7. The normalized spacial score (nSPS) is 10.8. The van der Waals surface area contributed by atoms with Crippen LogP contribution in [0.15, 0.2) is 71.8 Å². The zero-order valence-corrected chi connectivity index (χ0v) is 23.6. The van der Waals surface area contributed by atoms with Gasteiger partial charge in [0.15, 0.2) is 23.1 Å². The van der Waals surface area contributed by atoms with Crippen molar-refractivity contribution in [1.29, 1.82) is 0 Å². The summed E-state index contributed by atoms with van der Waals surface area (Å²) in [7, 11) is 2.91. The quantitative estimate of drug-likeness (QED) is 0.229. The number of aryl methyl sites for hydroxylation is 1. The molecule has 5 rings (SSSR count). The Kier molecular flexibility index (Phi) is 8.19. The Balaban J connectivity index is 1.45. The highest BCUT2D eigenvalue weighted by molar-refractivity contribution is 6.06. The van der Waals surface area contributed by atoms with Crippen LogP contribution in [0.3, 0.4) is 0 Å². The van der Waals surface area contributed by atoms with E-state index in [1.54, 1.807) is 19.9 Å². The molecule has 1 amide bonds. The van der Waals surface area contributed by atoms with Gasteiger partial charge in [0.2, 0.25) is 0 Å². The summed E-state index contributed by atoms with van der Waals surface area (Å²) < 4.78 is 51.9. The molecule has 0 spiro atoms. The summed E-state index contributed by atoms with van der Waals surface area (Å²) in [6.45, 7) is 3.59. The van der Waals surface area contributed by atoms with Gasteiger partial charge in [-0.15, -0.1) is 0 Å². The Morgan fingerprint density at radius 2 is 1.74 bits per heavy atom. The number of carbonyl (C=O) groups is 1. The molecular formula is C31H26F2N4O6. The number of halogens is 2. The first-order valence-corrected chi connectivity index (χ1v) is 13.1. The molecule has 1 N–H and O–H groups in total. The smallest absolute Gasteiger partial charge is 0.271 e. The van der Waals surface area contributed by atoms with Gasteiger partial charge >= 0.3 is 0 Å². The van der Waals surface area contributed by atoms with Crippen LogP contribution in [0.1, 0.15) is 22.8 Å². The number of nitrogens with one attached hydrogen (secondary N) is 1. The van der Waals surface area contributed by atoms with Crippen LogP contribution in [0, 0.1) is 18.6 Å². The molecule has 0 bridgehead atoms. The fourth-order valence-corrected chi connectivity index (χ4v) is 4.41. The molecule has 0 fully saturated rings. The molecule has 0 aliphatic carbocycles. The number of methoxy groups -OCH3 is 2. The van der Waals surface area contributed by atoms with E-state index in [9.17, 15) is 14.0 Å². The van der Waals surface area contributed by atoms with E-state index in [1.165, 1.54) is 73.6 Å². The maximum absolute atomic E-state index is 15.2. The van der Waals surface area contributed by atoms with Crippen molar-refractivity contribution in [2.75, 3.05) is 26.1 Å². The summed E-state index contributed by atoms with van der Waals surface area (Å²) in [5, 5.41) is 2.56. The molecule has 0 saturated heterocycles. The summed E-state index contributed by atoms with van der Waals surface area (Å²) in [4.78, 5) is 35.5. The second-order valence-corrected chi connectivity index (χ2v) is 9.18. The Labute approximate surface area is 244 Å². The van der Waals surface area contributed by atoms with Gasteiger partial charge in [-0.2, -0.15) is 0 Å². The molecule has 43 heavy (non-hydrogen) atoms. The van der Waals surface area contributed by atoms with Crippen LogP contribution >= 0.6 is 0 Å². The Morgan fingerprint density at radius 3 is 2.42 bits per heavy atom. The number of benzene rings is 2. The Hall–Kier alpha value is -5.52. The molecule has 3 heterocycles. The maximum Gasteiger partial charge on any atom is 0.271 e. The number of hydrogen-bond donors (Lipinski definition) is 1. The van der Waals surface area contributed by atoms with E-state index in [0.717, 1.165) is 6.07 Å². The van der Waals surface area contributed by atoms with Crippen molar-refractivity contribution >= 4 is 22.6 Å². The minimum Gasteiger partial charge on any atom is -0.492 e. The van der Waals surface area contributed by atoms with Crippen LogP contribution in [0.5, 0.6) is 28.9 Å². The van der Waals surface area contributed by atoms with Crippen molar-refractivity contribution in [2.24, 2.45) is 0 Å². The summed E-state index contributed by atoms with van der Waals surface area (Å²) in [5.41, 5.74) is 0.696. The van der Waals surface area contributed by atoms with Crippen LogP contribution in [0.2, 0.25) is 0 Å². The standard InChI is InChI=1S/C31H26F2N4O6/c1-5-42-28-17(2)16-37(20-9-6-18(32)7-10-20)31(39)26(28)29(38)35-19-8-11-23(21(33)14-19)43-24-12-13-34-22-15-25(40-3)30(41-4)36-27(22)24/h6-16H,5H2,1-4H3,(H,35,38). The molecule has 220 valence electrons. The number of carbonyl (C=O) groups excluding carboxylic acids is 1. The lowest BCUT2D eigenvalue weighted by atomic mass is 10.1. The largest absolute Gasteiger partial charge is 0.492 e. The van der Waals surface area contributed by atoms with Crippen LogP contribution in [0.4, 0.5) is 14.5 Å². The van der Waals surface area contributed by atoms with Crippen molar-refractivity contribution in [3.05, 3.63) is 100 Å². The number of hydrogen-bond acceptors (Lipinski definition) is 8. The van der Waals surface area contributed by atoms with Crippen LogP contribution in [-0.2, 0) is 0 Å². The average molecular weight is 589 g/mol. The van der Waals surface area contributed by atoms with E-state index < -0.39 is 23.1 Å². The van der Waals surface area contributed by atoms with Crippen molar-refractivity contribution in [1.82, 2.24) is 14.5 Å². The van der Waals surface area contributed by atoms with Crippen LogP contribution in [0.25, 0.3) is 16.7 Å². The number of aromatic nitrogens is 3. The van der Waals surface area contributed by atoms with Gasteiger partial charge in [0, 0.05) is 47.5 Å². The molecule has 0 unspecified atom stereocenters. The second-order valence-electron chi connectivity index (χ2n) is 9.18. The molecule has 2 aromatic carbocycles. The molecule has 0 aliphatic heterocycles. The van der Waals surface area contributed by atoms with Gasteiger partial charge < -0.3 is 24.3 Å². The van der Waals surface area contributed by atoms with E-state index in [0.29, 0.717) is 28.0 Å². The Morgan fingerprint density at radius 1 is 0.977 bits per heavy atom. The zero-order valence-electron chi connectivity index (χ0n) is 23.6. The topological polar surface area (TPSA) is 114 Å². The lowest BCUT2D eigenvalue weighted by molar-refractivity contribution is 0.102. The van der Waals surface area contributed by atoms with Crippen molar-refractivity contribution < 1.29 is 32.5 Å². The summed E-state index contributed by atoms with van der Waals surface area (Å²) in [5.74, 6) is -1.35. The van der Waals surface area contributed by atoms with Gasteiger partial charge in [-0.25, -0.2) is 13.8 Å². The predicted octanol–water partition coefficient (Wildman–Crippen LogP) is 5.83. The number of ether oxygens (including phenoxy) is 4. The fraction of sp³-hybridized carbons (Fsp3) is 0.161. The first kappa shape index (κ1) is 29.0. The van der Waals surface area contributed by atoms with Crippen LogP contribution in [-0.4, -0.2) is 41.3 Å². The first-order valence-electron chi connectivity index (χ1n) is 13.1. The molecule has 0 saturated carbocycles. The highest BCUT2D eigenvalue weighted by Crippen LogP contribution is 2.35. The minimum absolute atomic E-state index is 0.0654. The number of nitrogens with zero attached hydrogens (tertiary/aromatic N) is 3. The van der Waals surface area contributed by atoms with E-state index in [-0.39, 0.29) is 41.0 Å². The third kappa shape index (κ3) is 5.80. The molecule has 12 heteroatoms. The van der Waals surface area contributed by atoms with Crippen LogP contribution < -0.4 is 29.8 Å². The third-order valence-electron chi connectivity index (χ3n) is 6.39. The monoisotopic (exact) mass is 588 g/mol. The third-order valence-corrected chi connectivity index (χ3v) is 6.39. The highest BCUT2D eigenvalue weighted by Gasteiger charge is 2.23. The predicted molar refractivity (Wildman–Crippen MR) is 155 cm³/mol. The van der Waals surface area contributed by atoms with Gasteiger partial charge in [-0.3, -0.25) is 19.1 Å². The molecule has 0 radical (unpaired) electrons. The van der Waals surface area contributed by atoms with Gasteiger partial charge in [0.1, 0.15) is 22.6 Å². The Bertz CT molecular complexity index is 1890. The zero-order chi connectivity index (χ0) is 30.7. The van der Waals surface area contributed by atoms with Gasteiger partial charge in [-0.05, 0) is 50.2 Å². The van der Waals surface area contributed by atoms with E-state index in [2.05, 4.69) is 15.3 Å². The number of anilines is 1. The lowest BCUT2D eigenvalue weighted by Crippen LogP contribution is -2.30. The number of pyridine rings is 3. The fourth-order valence-electron chi connectivity index (χ4n) is 4.41. The highest BCUT2D eigenvalue weighted by atomic mass is 19.1. The van der Waals surface area contributed by atoms with Crippen molar-refractivity contribution in [3.63, 3.8) is 0 Å². The number of fused-ring (bicyclic) bond motifs is 1. The van der Waals surface area contributed by atoms with E-state index in [1.807, 2.05) is 0 Å². The maximum atomic E-state index is 15.2. The van der Waals surface area contributed by atoms with Gasteiger partial charge in [0.05, 0.1) is 26.3 Å². The summed E-state index contributed by atoms with van der Waals surface area (Å²) in [6.07, 6.45) is 2.99. The molecule has 10 nitrogen and oxygen atoms in total. The number of rotatable bonds is 9. The molecule has 0 atom stereocenters. The molecule has 0 aliphatic rings. The molecule has 5 aromatic rings. The SMILES string of the molecule is CCOc1c(C)cn(-c2ccc(F)cc2)c(=O)c1C(=O)Nc1ccc(Oc2ccnc3cc(OC)c(OC)nc23)c(F)c1. The summed E-state index contributed by atoms with van der Waals surface area (Å²) >= 11 is 0. The minimum atomic E-state index is -0.813. The molecular weight excluding hydrogens is 562 g/mol. The summed E-state index contributed by atoms with van der Waals surface area (Å²) in [6, 6.07) is 12.2. The lowest BCUT2D eigenvalue weighted by Gasteiger charge is -2.16. The second kappa shape index (κ2) is 12.1. The van der Waals surface area contributed by atoms with E-state index in [4.69, 9.17) is 18.9 Å². The average Bonchev–Trinajstić information content (AvgIpc) is 3.00. The van der Waals surface area contributed by atoms with Gasteiger partial charge in [-0.1, -0.05) is 0 Å². The van der Waals surface area contributed by atoms with Crippen molar-refractivity contribution in [3.8, 4) is 34.6 Å². The molecule has 3 aromatic heterocycles.